The Hall–Kier alpha value is -2.18. The van der Waals surface area contributed by atoms with Crippen LogP contribution in [0.5, 0.6) is 0 Å². The summed E-state index contributed by atoms with van der Waals surface area (Å²) in [5, 5.41) is 7.44. The Balaban J connectivity index is 1.97. The van der Waals surface area contributed by atoms with Gasteiger partial charge in [-0.25, -0.2) is 0 Å². The van der Waals surface area contributed by atoms with Gasteiger partial charge in [0.1, 0.15) is 0 Å². The van der Waals surface area contributed by atoms with Crippen molar-refractivity contribution in [3.8, 4) is 0 Å². The maximum absolute atomic E-state index is 12.0. The number of hydrogen-bond acceptors (Lipinski definition) is 4. The number of rotatable bonds is 6. The van der Waals surface area contributed by atoms with Crippen LogP contribution in [-0.4, -0.2) is 24.4 Å². The molecule has 0 bridgehead atoms. The van der Waals surface area contributed by atoms with Gasteiger partial charge in [0.05, 0.1) is 4.88 Å². The SMILES string of the molecule is CC(N)CCNC(=O)c1cccc(NC(=O)c2cccs2)c1. The fourth-order valence-electron chi connectivity index (χ4n) is 1.85. The predicted molar refractivity (Wildman–Crippen MR) is 89.3 cm³/mol. The highest BCUT2D eigenvalue weighted by Gasteiger charge is 2.09. The fraction of sp³-hybridized carbons (Fsp3) is 0.250. The van der Waals surface area contributed by atoms with Gasteiger partial charge >= 0.3 is 0 Å². The Bertz CT molecular complexity index is 639. The van der Waals surface area contributed by atoms with E-state index < -0.39 is 0 Å². The number of thiophene rings is 1. The van der Waals surface area contributed by atoms with Crippen LogP contribution in [0, 0.1) is 0 Å². The number of carbonyl (C=O) groups is 2. The third-order valence-corrected chi connectivity index (χ3v) is 3.88. The van der Waals surface area contributed by atoms with Crippen LogP contribution in [-0.2, 0) is 0 Å². The van der Waals surface area contributed by atoms with Gasteiger partial charge in [-0.2, -0.15) is 0 Å². The first-order chi connectivity index (χ1) is 10.6. The molecule has 0 aliphatic carbocycles. The smallest absolute Gasteiger partial charge is 0.265 e. The summed E-state index contributed by atoms with van der Waals surface area (Å²) in [5.74, 6) is -0.350. The molecule has 1 atom stereocenters. The minimum Gasteiger partial charge on any atom is -0.352 e. The average Bonchev–Trinajstić information content (AvgIpc) is 3.01. The van der Waals surface area contributed by atoms with E-state index in [1.165, 1.54) is 11.3 Å². The zero-order chi connectivity index (χ0) is 15.9. The van der Waals surface area contributed by atoms with Crippen LogP contribution in [0.1, 0.15) is 33.4 Å². The summed E-state index contributed by atoms with van der Waals surface area (Å²) in [6.07, 6.45) is 0.723. The van der Waals surface area contributed by atoms with Crippen LogP contribution in [0.15, 0.2) is 41.8 Å². The monoisotopic (exact) mass is 317 g/mol. The summed E-state index contributed by atoms with van der Waals surface area (Å²) in [4.78, 5) is 24.6. The van der Waals surface area contributed by atoms with Gasteiger partial charge in [0.25, 0.3) is 11.8 Å². The first-order valence-corrected chi connectivity index (χ1v) is 7.93. The van der Waals surface area contributed by atoms with Gasteiger partial charge in [0.2, 0.25) is 0 Å². The van der Waals surface area contributed by atoms with Gasteiger partial charge in [-0.1, -0.05) is 12.1 Å². The van der Waals surface area contributed by atoms with Crippen LogP contribution in [0.2, 0.25) is 0 Å². The molecule has 0 radical (unpaired) electrons. The molecule has 1 heterocycles. The fourth-order valence-corrected chi connectivity index (χ4v) is 2.47. The van der Waals surface area contributed by atoms with E-state index in [2.05, 4.69) is 10.6 Å². The lowest BCUT2D eigenvalue weighted by Crippen LogP contribution is -2.29. The van der Waals surface area contributed by atoms with E-state index in [0.717, 1.165) is 6.42 Å². The number of anilines is 1. The number of nitrogens with one attached hydrogen (secondary N) is 2. The minimum absolute atomic E-state index is 0.0525. The zero-order valence-corrected chi connectivity index (χ0v) is 13.2. The van der Waals surface area contributed by atoms with E-state index in [1.807, 2.05) is 18.4 Å². The lowest BCUT2D eigenvalue weighted by molar-refractivity contribution is 0.0951. The third-order valence-electron chi connectivity index (χ3n) is 3.01. The second kappa shape index (κ2) is 7.72. The van der Waals surface area contributed by atoms with Crippen LogP contribution in [0.25, 0.3) is 0 Å². The molecule has 0 spiro atoms. The number of benzene rings is 1. The lowest BCUT2D eigenvalue weighted by atomic mass is 10.1. The molecule has 1 aromatic carbocycles. The molecule has 6 heteroatoms. The molecule has 5 nitrogen and oxygen atoms in total. The molecular formula is C16H19N3O2S. The number of carbonyl (C=O) groups excluding carboxylic acids is 2. The van der Waals surface area contributed by atoms with E-state index in [9.17, 15) is 9.59 Å². The number of hydrogen-bond donors (Lipinski definition) is 3. The molecule has 0 aliphatic rings. The van der Waals surface area contributed by atoms with Crippen LogP contribution in [0.4, 0.5) is 5.69 Å². The van der Waals surface area contributed by atoms with E-state index in [0.29, 0.717) is 22.7 Å². The number of nitrogens with two attached hydrogens (primary N) is 1. The van der Waals surface area contributed by atoms with Gasteiger partial charge in [0, 0.05) is 23.8 Å². The highest BCUT2D eigenvalue weighted by Crippen LogP contribution is 2.15. The zero-order valence-electron chi connectivity index (χ0n) is 12.3. The Morgan fingerprint density at radius 1 is 1.23 bits per heavy atom. The van der Waals surface area contributed by atoms with Crippen molar-refractivity contribution in [2.24, 2.45) is 5.73 Å². The Kier molecular flexibility index (Phi) is 5.68. The molecule has 2 rings (SSSR count). The topological polar surface area (TPSA) is 84.2 Å². The number of amides is 2. The minimum atomic E-state index is -0.176. The van der Waals surface area contributed by atoms with E-state index in [4.69, 9.17) is 5.73 Å². The molecule has 1 unspecified atom stereocenters. The Morgan fingerprint density at radius 3 is 2.73 bits per heavy atom. The molecule has 22 heavy (non-hydrogen) atoms. The van der Waals surface area contributed by atoms with E-state index >= 15 is 0 Å². The molecule has 2 amide bonds. The molecule has 4 N–H and O–H groups in total. The summed E-state index contributed by atoms with van der Waals surface area (Å²) >= 11 is 1.37. The first kappa shape index (κ1) is 16.2. The summed E-state index contributed by atoms with van der Waals surface area (Å²) < 4.78 is 0. The second-order valence-electron chi connectivity index (χ2n) is 5.03. The van der Waals surface area contributed by atoms with Crippen molar-refractivity contribution in [1.82, 2.24) is 5.32 Å². The van der Waals surface area contributed by atoms with Crippen LogP contribution < -0.4 is 16.4 Å². The molecule has 1 aromatic heterocycles. The van der Waals surface area contributed by atoms with Gasteiger partial charge < -0.3 is 16.4 Å². The Morgan fingerprint density at radius 2 is 2.05 bits per heavy atom. The maximum atomic E-state index is 12.0. The highest BCUT2D eigenvalue weighted by atomic mass is 32.1. The molecule has 0 saturated heterocycles. The molecule has 0 fully saturated rings. The molecule has 0 aliphatic heterocycles. The van der Waals surface area contributed by atoms with Crippen molar-refractivity contribution in [3.05, 3.63) is 52.2 Å². The molecule has 2 aromatic rings. The highest BCUT2D eigenvalue weighted by molar-refractivity contribution is 7.12. The van der Waals surface area contributed by atoms with Gasteiger partial charge in [-0.3, -0.25) is 9.59 Å². The largest absolute Gasteiger partial charge is 0.352 e. The average molecular weight is 317 g/mol. The summed E-state index contributed by atoms with van der Waals surface area (Å²) in [6.45, 7) is 2.43. The summed E-state index contributed by atoms with van der Waals surface area (Å²) in [6, 6.07) is 10.5. The summed E-state index contributed by atoms with van der Waals surface area (Å²) in [7, 11) is 0. The van der Waals surface area contributed by atoms with Crippen molar-refractivity contribution in [1.29, 1.82) is 0 Å². The van der Waals surface area contributed by atoms with Gasteiger partial charge in [-0.15, -0.1) is 11.3 Å². The van der Waals surface area contributed by atoms with E-state index in [-0.39, 0.29) is 17.9 Å². The van der Waals surface area contributed by atoms with E-state index in [1.54, 1.807) is 30.3 Å². The lowest BCUT2D eigenvalue weighted by Gasteiger charge is -2.09. The standard InChI is InChI=1S/C16H19N3O2S/c1-11(17)7-8-18-15(20)12-4-2-5-13(10-12)19-16(21)14-6-3-9-22-14/h2-6,9-11H,7-8,17H2,1H3,(H,18,20)(H,19,21). The molecule has 116 valence electrons. The van der Waals surface area contributed by atoms with Gasteiger partial charge in [-0.05, 0) is 43.0 Å². The molecule has 0 saturated carbocycles. The third kappa shape index (κ3) is 4.68. The van der Waals surface area contributed by atoms with Crippen molar-refractivity contribution in [3.63, 3.8) is 0 Å². The van der Waals surface area contributed by atoms with Crippen molar-refractivity contribution in [2.75, 3.05) is 11.9 Å². The summed E-state index contributed by atoms with van der Waals surface area (Å²) in [5.41, 5.74) is 6.75. The predicted octanol–water partition coefficient (Wildman–Crippen LogP) is 2.47. The normalized spacial score (nSPS) is 11.7. The van der Waals surface area contributed by atoms with Gasteiger partial charge in [0.15, 0.2) is 0 Å². The van der Waals surface area contributed by atoms with Crippen molar-refractivity contribution in [2.45, 2.75) is 19.4 Å². The van der Waals surface area contributed by atoms with Crippen LogP contribution in [0.3, 0.4) is 0 Å². The first-order valence-electron chi connectivity index (χ1n) is 7.05. The molecular weight excluding hydrogens is 298 g/mol. The van der Waals surface area contributed by atoms with Crippen molar-refractivity contribution < 1.29 is 9.59 Å². The Labute approximate surface area is 133 Å². The van der Waals surface area contributed by atoms with Crippen molar-refractivity contribution >= 4 is 28.8 Å². The quantitative estimate of drug-likeness (QED) is 0.765. The van der Waals surface area contributed by atoms with Crippen LogP contribution >= 0.6 is 11.3 Å². The second-order valence-corrected chi connectivity index (χ2v) is 5.98. The maximum Gasteiger partial charge on any atom is 0.265 e.